The van der Waals surface area contributed by atoms with Gasteiger partial charge in [0.1, 0.15) is 10.6 Å². The van der Waals surface area contributed by atoms with Crippen LogP contribution in [0.1, 0.15) is 31.9 Å². The number of rotatable bonds is 7. The number of para-hydroxylation sites is 1. The molecule has 0 aromatic heterocycles. The molecule has 7 nitrogen and oxygen atoms in total. The van der Waals surface area contributed by atoms with Crippen molar-refractivity contribution in [2.24, 2.45) is 0 Å². The molecule has 0 radical (unpaired) electrons. The third-order valence-corrected chi connectivity index (χ3v) is 7.02. The van der Waals surface area contributed by atoms with Gasteiger partial charge < -0.3 is 5.11 Å². The van der Waals surface area contributed by atoms with Crippen molar-refractivity contribution >= 4 is 25.7 Å². The summed E-state index contributed by atoms with van der Waals surface area (Å²) >= 11 is 0. The Balaban J connectivity index is 2.21. The van der Waals surface area contributed by atoms with Gasteiger partial charge in [0.15, 0.2) is 0 Å². The van der Waals surface area contributed by atoms with Crippen molar-refractivity contribution in [2.45, 2.75) is 43.8 Å². The first-order valence-corrected chi connectivity index (χ1v) is 12.2. The van der Waals surface area contributed by atoms with Crippen molar-refractivity contribution in [3.8, 4) is 5.75 Å². The lowest BCUT2D eigenvalue weighted by molar-refractivity contribution is -0.137. The number of aromatic hydroxyl groups is 1. The largest absolute Gasteiger partial charge is 0.508 e. The van der Waals surface area contributed by atoms with E-state index in [2.05, 4.69) is 9.44 Å². The second-order valence-corrected chi connectivity index (χ2v) is 11.4. The summed E-state index contributed by atoms with van der Waals surface area (Å²) in [6.45, 7) is 4.90. The Hall–Kier alpha value is -2.31. The minimum absolute atomic E-state index is 0.00804. The van der Waals surface area contributed by atoms with Crippen LogP contribution in [0, 0.1) is 0 Å². The Morgan fingerprint density at radius 3 is 2.13 bits per heavy atom. The van der Waals surface area contributed by atoms with Crippen molar-refractivity contribution in [1.29, 1.82) is 0 Å². The number of sulfonamides is 2. The average Bonchev–Trinajstić information content (AvgIpc) is 2.57. The molecule has 0 saturated carbocycles. The molecule has 2 aromatic carbocycles. The molecule has 2 rings (SSSR count). The zero-order chi connectivity index (χ0) is 23.7. The monoisotopic (exact) mass is 480 g/mol. The Morgan fingerprint density at radius 1 is 0.968 bits per heavy atom. The van der Waals surface area contributed by atoms with E-state index in [1.54, 1.807) is 20.8 Å². The average molecular weight is 481 g/mol. The molecule has 0 bridgehead atoms. The molecule has 0 atom stereocenters. The first kappa shape index (κ1) is 25.0. The van der Waals surface area contributed by atoms with Crippen LogP contribution >= 0.6 is 0 Å². The number of hydrogen-bond donors (Lipinski definition) is 3. The summed E-state index contributed by atoms with van der Waals surface area (Å²) in [4.78, 5) is -0.272. The third-order valence-electron chi connectivity index (χ3n) is 3.94. The number of phenols is 1. The Kier molecular flexibility index (Phi) is 6.98. The van der Waals surface area contributed by atoms with E-state index in [1.807, 2.05) is 0 Å². The van der Waals surface area contributed by atoms with Gasteiger partial charge in [0.05, 0.1) is 17.0 Å². The Morgan fingerprint density at radius 2 is 1.58 bits per heavy atom. The summed E-state index contributed by atoms with van der Waals surface area (Å²) in [5.74, 6) is -1.27. The number of alkyl halides is 3. The van der Waals surface area contributed by atoms with Crippen molar-refractivity contribution in [3.63, 3.8) is 0 Å². The molecule has 2 aromatic rings. The van der Waals surface area contributed by atoms with Crippen LogP contribution in [0.4, 0.5) is 18.9 Å². The van der Waals surface area contributed by atoms with Gasteiger partial charge in [0.2, 0.25) is 20.0 Å². The summed E-state index contributed by atoms with van der Waals surface area (Å²) < 4.78 is 92.9. The summed E-state index contributed by atoms with van der Waals surface area (Å²) in [6.07, 6.45) is -4.92. The molecule has 172 valence electrons. The predicted molar refractivity (Wildman–Crippen MR) is 111 cm³/mol. The molecule has 0 aliphatic rings. The van der Waals surface area contributed by atoms with Crippen molar-refractivity contribution < 1.29 is 35.1 Å². The Bertz CT molecular complexity index is 1160. The van der Waals surface area contributed by atoms with Crippen LogP contribution in [0.15, 0.2) is 47.4 Å². The molecule has 12 heteroatoms. The lowest BCUT2D eigenvalue weighted by Crippen LogP contribution is -2.40. The molecule has 3 N–H and O–H groups in total. The SMILES string of the molecule is CC(C)(C)NS(=O)(=O)c1ccccc1NS(=O)(=O)CCc1ccc(C(F)(F)F)cc1O. The van der Waals surface area contributed by atoms with Crippen LogP contribution < -0.4 is 9.44 Å². The van der Waals surface area contributed by atoms with E-state index in [0.717, 1.165) is 12.1 Å². The number of anilines is 1. The molecule has 0 saturated heterocycles. The molecule has 0 heterocycles. The van der Waals surface area contributed by atoms with Gasteiger partial charge in [-0.3, -0.25) is 4.72 Å². The number of aryl methyl sites for hydroxylation is 1. The molecule has 0 fully saturated rings. The Labute approximate surface area is 179 Å². The number of benzene rings is 2. The smallest absolute Gasteiger partial charge is 0.416 e. The zero-order valence-corrected chi connectivity index (χ0v) is 18.6. The molecular formula is C19H23F3N2O5S2. The maximum Gasteiger partial charge on any atom is 0.416 e. The topological polar surface area (TPSA) is 113 Å². The molecule has 0 amide bonds. The summed E-state index contributed by atoms with van der Waals surface area (Å²) in [5, 5.41) is 9.80. The van der Waals surface area contributed by atoms with Crippen LogP contribution in [0.5, 0.6) is 5.75 Å². The summed E-state index contributed by atoms with van der Waals surface area (Å²) in [7, 11) is -8.13. The maximum absolute atomic E-state index is 12.7. The van der Waals surface area contributed by atoms with Gasteiger partial charge in [0, 0.05) is 5.54 Å². The predicted octanol–water partition coefficient (Wildman–Crippen LogP) is 3.47. The van der Waals surface area contributed by atoms with E-state index in [-0.39, 0.29) is 22.6 Å². The number of hydrogen-bond acceptors (Lipinski definition) is 5. The normalized spacial score (nSPS) is 13.2. The van der Waals surface area contributed by atoms with E-state index < -0.39 is 48.8 Å². The van der Waals surface area contributed by atoms with E-state index in [4.69, 9.17) is 0 Å². The van der Waals surface area contributed by atoms with Gasteiger partial charge in [0.25, 0.3) is 0 Å². The highest BCUT2D eigenvalue weighted by atomic mass is 32.2. The summed E-state index contributed by atoms with van der Waals surface area (Å²) in [6, 6.07) is 7.69. The minimum Gasteiger partial charge on any atom is -0.508 e. The fraction of sp³-hybridized carbons (Fsp3) is 0.368. The first-order chi connectivity index (χ1) is 14.0. The second-order valence-electron chi connectivity index (χ2n) is 7.86. The lowest BCUT2D eigenvalue weighted by atomic mass is 10.1. The highest BCUT2D eigenvalue weighted by Gasteiger charge is 2.31. The minimum atomic E-state index is -4.64. The van der Waals surface area contributed by atoms with E-state index >= 15 is 0 Å². The van der Waals surface area contributed by atoms with Crippen LogP contribution in [-0.4, -0.2) is 33.2 Å². The van der Waals surface area contributed by atoms with Crippen LogP contribution in [0.25, 0.3) is 0 Å². The quantitative estimate of drug-likeness (QED) is 0.562. The third kappa shape index (κ3) is 7.11. The molecule has 0 aliphatic carbocycles. The summed E-state index contributed by atoms with van der Waals surface area (Å²) in [5.41, 5.74) is -2.02. The molecule has 0 spiro atoms. The highest BCUT2D eigenvalue weighted by Crippen LogP contribution is 2.33. The zero-order valence-electron chi connectivity index (χ0n) is 17.0. The second kappa shape index (κ2) is 8.67. The van der Waals surface area contributed by atoms with E-state index in [9.17, 15) is 35.1 Å². The number of halogens is 3. The van der Waals surface area contributed by atoms with Crippen LogP contribution in [0.3, 0.4) is 0 Å². The molecule has 31 heavy (non-hydrogen) atoms. The number of phenolic OH excluding ortho intramolecular Hbond substituents is 1. The molecular weight excluding hydrogens is 457 g/mol. The number of nitrogens with one attached hydrogen (secondary N) is 2. The first-order valence-electron chi connectivity index (χ1n) is 9.03. The fourth-order valence-electron chi connectivity index (χ4n) is 2.66. The molecule has 0 aliphatic heterocycles. The standard InChI is InChI=1S/C19H23F3N2O5S2/c1-18(2,3)24-31(28,29)17-7-5-4-6-15(17)23-30(26,27)11-10-13-8-9-14(12-16(13)25)19(20,21)22/h4-9,12,23-25H,10-11H2,1-3H3. The van der Waals surface area contributed by atoms with Gasteiger partial charge in [-0.1, -0.05) is 18.2 Å². The highest BCUT2D eigenvalue weighted by molar-refractivity contribution is 7.93. The van der Waals surface area contributed by atoms with Gasteiger partial charge in [-0.05, 0) is 57.0 Å². The van der Waals surface area contributed by atoms with Gasteiger partial charge in [-0.15, -0.1) is 0 Å². The van der Waals surface area contributed by atoms with Crippen LogP contribution in [0.2, 0.25) is 0 Å². The van der Waals surface area contributed by atoms with Gasteiger partial charge >= 0.3 is 6.18 Å². The van der Waals surface area contributed by atoms with Gasteiger partial charge in [-0.2, -0.15) is 13.2 Å². The molecule has 0 unspecified atom stereocenters. The van der Waals surface area contributed by atoms with Crippen molar-refractivity contribution in [3.05, 3.63) is 53.6 Å². The van der Waals surface area contributed by atoms with Gasteiger partial charge in [-0.25, -0.2) is 21.6 Å². The van der Waals surface area contributed by atoms with Crippen molar-refractivity contribution in [1.82, 2.24) is 4.72 Å². The lowest BCUT2D eigenvalue weighted by Gasteiger charge is -2.21. The van der Waals surface area contributed by atoms with Crippen LogP contribution in [-0.2, 0) is 32.6 Å². The maximum atomic E-state index is 12.7. The van der Waals surface area contributed by atoms with E-state index in [0.29, 0.717) is 6.07 Å². The van der Waals surface area contributed by atoms with E-state index in [1.165, 1.54) is 24.3 Å². The van der Waals surface area contributed by atoms with Crippen molar-refractivity contribution in [2.75, 3.05) is 10.5 Å². The fourth-order valence-corrected chi connectivity index (χ4v) is 5.41.